The third-order valence-electron chi connectivity index (χ3n) is 3.73. The Kier molecular flexibility index (Phi) is 4.73. The first kappa shape index (κ1) is 18.0. The average Bonchev–Trinajstić information content (AvgIpc) is 2.86. The molecule has 6 nitrogen and oxygen atoms in total. The number of aliphatic imine (C=N–C) groups is 1. The summed E-state index contributed by atoms with van der Waals surface area (Å²) in [5.41, 5.74) is 0.252. The van der Waals surface area contributed by atoms with Crippen molar-refractivity contribution in [1.29, 1.82) is 0 Å². The van der Waals surface area contributed by atoms with Gasteiger partial charge in [-0.15, -0.1) is 0 Å². The molecule has 3 rings (SSSR count). The van der Waals surface area contributed by atoms with E-state index in [1.807, 2.05) is 0 Å². The van der Waals surface area contributed by atoms with Gasteiger partial charge in [0.05, 0.1) is 4.90 Å². The molecule has 2 aromatic rings. The Balaban J connectivity index is 1.72. The molecule has 0 saturated heterocycles. The number of fused-ring (bicyclic) bond motifs is 1. The molecule has 0 radical (unpaired) electrons. The van der Waals surface area contributed by atoms with Gasteiger partial charge in [0.1, 0.15) is 30.1 Å². The summed E-state index contributed by atoms with van der Waals surface area (Å²) in [5, 5.41) is 0. The third-order valence-corrected chi connectivity index (χ3v) is 5.13. The smallest absolute Gasteiger partial charge is 0.328 e. The zero-order valence-electron chi connectivity index (χ0n) is 13.6. The zero-order valence-corrected chi connectivity index (χ0v) is 14.4. The molecule has 0 bridgehead atoms. The van der Waals surface area contributed by atoms with Gasteiger partial charge in [-0.25, -0.2) is 17.2 Å². The number of carbonyl (C=O) groups is 1. The Hall–Kier alpha value is -2.81. The van der Waals surface area contributed by atoms with E-state index in [0.29, 0.717) is 5.56 Å². The molecular weight excluding hydrogens is 366 g/mol. The third kappa shape index (κ3) is 3.57. The van der Waals surface area contributed by atoms with Gasteiger partial charge in [0, 0.05) is 11.1 Å². The molecule has 136 valence electrons. The minimum Gasteiger partial charge on any atom is -0.456 e. The van der Waals surface area contributed by atoms with Crippen LogP contribution in [0.3, 0.4) is 0 Å². The van der Waals surface area contributed by atoms with Crippen LogP contribution in [0.5, 0.6) is 0 Å². The van der Waals surface area contributed by atoms with Crippen LogP contribution in [-0.4, -0.2) is 26.8 Å². The maximum Gasteiger partial charge on any atom is 0.328 e. The van der Waals surface area contributed by atoms with Crippen molar-refractivity contribution in [2.75, 3.05) is 6.54 Å². The number of amidine groups is 1. The Morgan fingerprint density at radius 3 is 2.73 bits per heavy atom. The summed E-state index contributed by atoms with van der Waals surface area (Å²) in [5.74, 6) is -2.13. The fraction of sp³-hybridized carbons (Fsp3) is 0.176. The van der Waals surface area contributed by atoms with E-state index in [1.54, 1.807) is 18.2 Å². The lowest BCUT2D eigenvalue weighted by atomic mass is 10.1. The summed E-state index contributed by atoms with van der Waals surface area (Å²) >= 11 is 0. The average molecular weight is 380 g/mol. The minimum atomic E-state index is -3.70. The van der Waals surface area contributed by atoms with Gasteiger partial charge >= 0.3 is 5.97 Å². The molecule has 0 amide bonds. The van der Waals surface area contributed by atoms with Gasteiger partial charge in [-0.3, -0.25) is 14.5 Å². The largest absolute Gasteiger partial charge is 0.456 e. The van der Waals surface area contributed by atoms with Gasteiger partial charge < -0.3 is 4.74 Å². The van der Waals surface area contributed by atoms with E-state index in [0.717, 1.165) is 18.2 Å². The number of carbonyl (C=O) groups excluding carboxylic acids is 1. The Labute approximate surface area is 148 Å². The molecule has 1 unspecified atom stereocenters. The van der Waals surface area contributed by atoms with E-state index in [4.69, 9.17) is 4.74 Å². The SMILES string of the molecule is CC(OC(=O)CN=C1NS(=O)(=O)c2ccccc21)c1cc(F)ccc1F. The lowest BCUT2D eigenvalue weighted by molar-refractivity contribution is -0.146. The second kappa shape index (κ2) is 6.83. The van der Waals surface area contributed by atoms with Crippen molar-refractivity contribution in [2.45, 2.75) is 17.9 Å². The van der Waals surface area contributed by atoms with Crippen molar-refractivity contribution in [3.8, 4) is 0 Å². The van der Waals surface area contributed by atoms with Crippen LogP contribution in [0.4, 0.5) is 8.78 Å². The Morgan fingerprint density at radius 2 is 1.96 bits per heavy atom. The van der Waals surface area contributed by atoms with Gasteiger partial charge in [-0.05, 0) is 37.3 Å². The number of esters is 1. The van der Waals surface area contributed by atoms with Gasteiger partial charge in [-0.1, -0.05) is 12.1 Å². The number of nitrogens with zero attached hydrogens (tertiary/aromatic N) is 1. The van der Waals surface area contributed by atoms with Crippen LogP contribution in [-0.2, 0) is 19.6 Å². The quantitative estimate of drug-likeness (QED) is 0.825. The maximum atomic E-state index is 13.7. The highest BCUT2D eigenvalue weighted by Crippen LogP contribution is 2.23. The van der Waals surface area contributed by atoms with Crippen LogP contribution < -0.4 is 4.72 Å². The fourth-order valence-electron chi connectivity index (χ4n) is 2.52. The van der Waals surface area contributed by atoms with Crippen LogP contribution in [0, 0.1) is 11.6 Å². The Morgan fingerprint density at radius 1 is 1.23 bits per heavy atom. The number of hydrogen-bond acceptors (Lipinski definition) is 5. The molecular formula is C17H14F2N2O4S. The number of hydrogen-bond donors (Lipinski definition) is 1. The van der Waals surface area contributed by atoms with E-state index >= 15 is 0 Å². The first-order chi connectivity index (χ1) is 12.3. The zero-order chi connectivity index (χ0) is 18.9. The van der Waals surface area contributed by atoms with E-state index in [1.165, 1.54) is 13.0 Å². The predicted octanol–water partition coefficient (Wildman–Crippen LogP) is 2.31. The number of ether oxygens (including phenoxy) is 1. The number of benzene rings is 2. The molecule has 0 spiro atoms. The summed E-state index contributed by atoms with van der Waals surface area (Å²) in [7, 11) is -3.70. The molecule has 0 fully saturated rings. The molecule has 9 heteroatoms. The molecule has 1 atom stereocenters. The van der Waals surface area contributed by atoms with Crippen LogP contribution in [0.25, 0.3) is 0 Å². The topological polar surface area (TPSA) is 84.8 Å². The lowest BCUT2D eigenvalue weighted by Crippen LogP contribution is -2.23. The number of sulfonamides is 1. The van der Waals surface area contributed by atoms with Crippen molar-refractivity contribution in [1.82, 2.24) is 4.72 Å². The monoisotopic (exact) mass is 380 g/mol. The molecule has 26 heavy (non-hydrogen) atoms. The summed E-state index contributed by atoms with van der Waals surface area (Å²) in [6.45, 7) is 0.921. The fourth-order valence-corrected chi connectivity index (χ4v) is 3.77. The van der Waals surface area contributed by atoms with Crippen molar-refractivity contribution >= 4 is 21.8 Å². The van der Waals surface area contributed by atoms with Gasteiger partial charge in [0.15, 0.2) is 0 Å². The van der Waals surface area contributed by atoms with Crippen LogP contribution in [0.15, 0.2) is 52.4 Å². The first-order valence-electron chi connectivity index (χ1n) is 7.59. The Bertz CT molecular complexity index is 1010. The van der Waals surface area contributed by atoms with Gasteiger partial charge in [0.25, 0.3) is 10.0 Å². The number of nitrogens with one attached hydrogen (secondary N) is 1. The normalized spacial score (nSPS) is 17.4. The molecule has 1 N–H and O–H groups in total. The molecule has 1 heterocycles. The molecule has 0 aromatic heterocycles. The summed E-state index contributed by atoms with van der Waals surface area (Å²) in [4.78, 5) is 15.9. The van der Waals surface area contributed by atoms with E-state index < -0.39 is 40.3 Å². The number of halogens is 2. The van der Waals surface area contributed by atoms with Crippen molar-refractivity contribution in [3.05, 3.63) is 65.2 Å². The summed E-state index contributed by atoms with van der Waals surface area (Å²) in [6, 6.07) is 9.05. The van der Waals surface area contributed by atoms with Crippen molar-refractivity contribution in [2.24, 2.45) is 4.99 Å². The van der Waals surface area contributed by atoms with Crippen LogP contribution in [0.2, 0.25) is 0 Å². The molecule has 1 aliphatic heterocycles. The number of rotatable bonds is 4. The standard InChI is InChI=1S/C17H14F2N2O4S/c1-10(13-8-11(18)6-7-14(13)19)25-16(22)9-20-17-12-4-2-3-5-15(12)26(23,24)21-17/h2-8,10H,9H2,1H3,(H,20,21). The van der Waals surface area contributed by atoms with Crippen LogP contribution >= 0.6 is 0 Å². The molecule has 2 aromatic carbocycles. The highest BCUT2D eigenvalue weighted by molar-refractivity contribution is 7.90. The minimum absolute atomic E-state index is 0.0298. The highest BCUT2D eigenvalue weighted by Gasteiger charge is 2.30. The molecule has 0 aliphatic carbocycles. The van der Waals surface area contributed by atoms with Gasteiger partial charge in [0.2, 0.25) is 0 Å². The summed E-state index contributed by atoms with van der Waals surface area (Å²) in [6.07, 6.45) is -1.02. The molecule has 0 saturated carbocycles. The first-order valence-corrected chi connectivity index (χ1v) is 9.07. The van der Waals surface area contributed by atoms with Crippen molar-refractivity contribution < 1.29 is 26.7 Å². The lowest BCUT2D eigenvalue weighted by Gasteiger charge is -2.13. The van der Waals surface area contributed by atoms with Crippen molar-refractivity contribution in [3.63, 3.8) is 0 Å². The summed E-state index contributed by atoms with van der Waals surface area (Å²) < 4.78 is 58.1. The predicted molar refractivity (Wildman–Crippen MR) is 89.0 cm³/mol. The van der Waals surface area contributed by atoms with E-state index in [9.17, 15) is 22.0 Å². The van der Waals surface area contributed by atoms with E-state index in [-0.39, 0.29) is 16.3 Å². The highest BCUT2D eigenvalue weighted by atomic mass is 32.2. The molecule has 1 aliphatic rings. The maximum absolute atomic E-state index is 13.7. The van der Waals surface area contributed by atoms with Gasteiger partial charge in [-0.2, -0.15) is 0 Å². The second-order valence-electron chi connectivity index (χ2n) is 5.56. The van der Waals surface area contributed by atoms with E-state index in [2.05, 4.69) is 9.71 Å². The second-order valence-corrected chi connectivity index (χ2v) is 7.22. The van der Waals surface area contributed by atoms with Crippen LogP contribution in [0.1, 0.15) is 24.2 Å².